The molecule has 1 amide bonds. The lowest BCUT2D eigenvalue weighted by Crippen LogP contribution is -2.38. The maximum absolute atomic E-state index is 12.3. The molecule has 5 nitrogen and oxygen atoms in total. The first-order chi connectivity index (χ1) is 10.1. The molecule has 2 rings (SSSR count). The molecular weight excluding hydrogens is 266 g/mol. The molecule has 2 heterocycles. The van der Waals surface area contributed by atoms with Crippen molar-refractivity contribution in [2.75, 3.05) is 13.2 Å². The van der Waals surface area contributed by atoms with Gasteiger partial charge in [-0.1, -0.05) is 13.8 Å². The third-order valence-corrected chi connectivity index (χ3v) is 4.25. The van der Waals surface area contributed by atoms with Crippen LogP contribution >= 0.6 is 0 Å². The summed E-state index contributed by atoms with van der Waals surface area (Å²) in [5.41, 5.74) is 1.15. The number of aliphatic hydroxyl groups excluding tert-OH is 1. The van der Waals surface area contributed by atoms with E-state index in [-0.39, 0.29) is 18.4 Å². The molecule has 0 saturated carbocycles. The Hall–Kier alpha value is -1.36. The van der Waals surface area contributed by atoms with Gasteiger partial charge in [-0.3, -0.25) is 4.79 Å². The van der Waals surface area contributed by atoms with Crippen molar-refractivity contribution in [1.29, 1.82) is 0 Å². The average molecular weight is 293 g/mol. The van der Waals surface area contributed by atoms with Gasteiger partial charge in [-0.25, -0.2) is 4.98 Å². The number of aromatic nitrogens is 2. The van der Waals surface area contributed by atoms with E-state index in [1.807, 2.05) is 12.5 Å². The summed E-state index contributed by atoms with van der Waals surface area (Å²) in [6, 6.07) is 0. The molecule has 0 saturated heterocycles. The van der Waals surface area contributed by atoms with Crippen molar-refractivity contribution in [3.63, 3.8) is 0 Å². The molecular formula is C16H27N3O2. The molecule has 0 radical (unpaired) electrons. The van der Waals surface area contributed by atoms with Crippen LogP contribution in [0.5, 0.6) is 0 Å². The Labute approximate surface area is 126 Å². The van der Waals surface area contributed by atoms with Crippen LogP contribution in [0.15, 0.2) is 12.5 Å². The molecule has 2 unspecified atom stereocenters. The van der Waals surface area contributed by atoms with Crippen molar-refractivity contribution in [2.24, 2.45) is 17.8 Å². The number of rotatable bonds is 7. The van der Waals surface area contributed by atoms with Crippen LogP contribution in [-0.2, 0) is 17.8 Å². The topological polar surface area (TPSA) is 67.2 Å². The standard InChI is InChI=1S/C16H27N3O2/c1-12(2)7-13(4-6-20)9-18-16(21)14-3-5-19-11-17-10-15(19)8-14/h10-14,20H,3-9H2,1-2H3,(H,18,21). The second-order valence-corrected chi connectivity index (χ2v) is 6.52. The molecule has 1 aliphatic rings. The number of fused-ring (bicyclic) bond motifs is 1. The Balaban J connectivity index is 1.81. The van der Waals surface area contributed by atoms with Gasteiger partial charge in [0.25, 0.3) is 0 Å². The SMILES string of the molecule is CC(C)CC(CCO)CNC(=O)C1CCn2cncc2C1. The predicted molar refractivity (Wildman–Crippen MR) is 81.7 cm³/mol. The Kier molecular flexibility index (Phi) is 5.79. The van der Waals surface area contributed by atoms with E-state index in [0.717, 1.165) is 37.9 Å². The van der Waals surface area contributed by atoms with Crippen molar-refractivity contribution in [1.82, 2.24) is 14.9 Å². The van der Waals surface area contributed by atoms with E-state index in [2.05, 4.69) is 28.7 Å². The summed E-state index contributed by atoms with van der Waals surface area (Å²) in [5, 5.41) is 12.2. The smallest absolute Gasteiger partial charge is 0.223 e. The summed E-state index contributed by atoms with van der Waals surface area (Å²) in [6.07, 6.45) is 7.15. The summed E-state index contributed by atoms with van der Waals surface area (Å²) in [6.45, 7) is 6.09. The molecule has 118 valence electrons. The zero-order chi connectivity index (χ0) is 15.2. The van der Waals surface area contributed by atoms with Gasteiger partial charge < -0.3 is 15.0 Å². The fraction of sp³-hybridized carbons (Fsp3) is 0.750. The lowest BCUT2D eigenvalue weighted by molar-refractivity contribution is -0.125. The van der Waals surface area contributed by atoms with Crippen LogP contribution < -0.4 is 5.32 Å². The molecule has 0 fully saturated rings. The van der Waals surface area contributed by atoms with Gasteiger partial charge in [-0.2, -0.15) is 0 Å². The van der Waals surface area contributed by atoms with Gasteiger partial charge in [-0.05, 0) is 31.1 Å². The van der Waals surface area contributed by atoms with Gasteiger partial charge in [0, 0.05) is 43.9 Å². The van der Waals surface area contributed by atoms with E-state index in [1.165, 1.54) is 0 Å². The van der Waals surface area contributed by atoms with E-state index < -0.39 is 0 Å². The van der Waals surface area contributed by atoms with Crippen molar-refractivity contribution in [3.8, 4) is 0 Å². The molecule has 1 aromatic heterocycles. The van der Waals surface area contributed by atoms with E-state index >= 15 is 0 Å². The molecule has 2 atom stereocenters. The summed E-state index contributed by atoms with van der Waals surface area (Å²) in [5.74, 6) is 1.16. The van der Waals surface area contributed by atoms with Crippen LogP contribution in [0, 0.1) is 17.8 Å². The van der Waals surface area contributed by atoms with Crippen molar-refractivity contribution < 1.29 is 9.90 Å². The van der Waals surface area contributed by atoms with E-state index in [4.69, 9.17) is 5.11 Å². The zero-order valence-corrected chi connectivity index (χ0v) is 13.1. The van der Waals surface area contributed by atoms with Crippen molar-refractivity contribution in [3.05, 3.63) is 18.2 Å². The van der Waals surface area contributed by atoms with Crippen molar-refractivity contribution in [2.45, 2.75) is 46.1 Å². The second-order valence-electron chi connectivity index (χ2n) is 6.52. The van der Waals surface area contributed by atoms with Crippen LogP contribution in [0.1, 0.15) is 38.8 Å². The molecule has 0 spiro atoms. The Bertz CT molecular complexity index is 456. The number of aliphatic hydroxyl groups is 1. The molecule has 0 aliphatic carbocycles. The highest BCUT2D eigenvalue weighted by molar-refractivity contribution is 5.79. The summed E-state index contributed by atoms with van der Waals surface area (Å²) < 4.78 is 2.12. The molecule has 1 aliphatic heterocycles. The van der Waals surface area contributed by atoms with Crippen LogP contribution in [-0.4, -0.2) is 33.7 Å². The minimum absolute atomic E-state index is 0.0584. The van der Waals surface area contributed by atoms with Gasteiger partial charge in [0.1, 0.15) is 0 Å². The lowest BCUT2D eigenvalue weighted by Gasteiger charge is -2.24. The van der Waals surface area contributed by atoms with Crippen LogP contribution in [0.25, 0.3) is 0 Å². The van der Waals surface area contributed by atoms with Crippen LogP contribution in [0.2, 0.25) is 0 Å². The Morgan fingerprint density at radius 1 is 1.57 bits per heavy atom. The number of carbonyl (C=O) groups is 1. The largest absolute Gasteiger partial charge is 0.396 e. The van der Waals surface area contributed by atoms with Gasteiger partial charge >= 0.3 is 0 Å². The number of amides is 1. The number of nitrogens with zero attached hydrogens (tertiary/aromatic N) is 2. The fourth-order valence-electron chi connectivity index (χ4n) is 3.13. The maximum atomic E-state index is 12.3. The van der Waals surface area contributed by atoms with Crippen LogP contribution in [0.3, 0.4) is 0 Å². The lowest BCUT2D eigenvalue weighted by atomic mass is 9.92. The van der Waals surface area contributed by atoms with E-state index in [1.54, 1.807) is 0 Å². The predicted octanol–water partition coefficient (Wildman–Crippen LogP) is 1.61. The number of imidazole rings is 1. The van der Waals surface area contributed by atoms with Gasteiger partial charge in [0.15, 0.2) is 0 Å². The molecule has 1 aromatic rings. The fourth-order valence-corrected chi connectivity index (χ4v) is 3.13. The summed E-state index contributed by atoms with van der Waals surface area (Å²) in [7, 11) is 0. The normalized spacial score (nSPS) is 19.3. The number of hydrogen-bond acceptors (Lipinski definition) is 3. The van der Waals surface area contributed by atoms with Gasteiger partial charge in [-0.15, -0.1) is 0 Å². The third-order valence-electron chi connectivity index (χ3n) is 4.25. The number of nitrogens with one attached hydrogen (secondary N) is 1. The number of carbonyl (C=O) groups excluding carboxylic acids is 1. The van der Waals surface area contributed by atoms with E-state index in [9.17, 15) is 4.79 Å². The number of aryl methyl sites for hydroxylation is 1. The average Bonchev–Trinajstić information content (AvgIpc) is 2.91. The molecule has 0 bridgehead atoms. The third kappa shape index (κ3) is 4.56. The van der Waals surface area contributed by atoms with Gasteiger partial charge in [0.2, 0.25) is 5.91 Å². The Morgan fingerprint density at radius 2 is 2.38 bits per heavy atom. The monoisotopic (exact) mass is 293 g/mol. The highest BCUT2D eigenvalue weighted by atomic mass is 16.3. The Morgan fingerprint density at radius 3 is 3.10 bits per heavy atom. The minimum Gasteiger partial charge on any atom is -0.396 e. The van der Waals surface area contributed by atoms with Crippen molar-refractivity contribution >= 4 is 5.91 Å². The summed E-state index contributed by atoms with van der Waals surface area (Å²) >= 11 is 0. The maximum Gasteiger partial charge on any atom is 0.223 e. The molecule has 5 heteroatoms. The first kappa shape index (κ1) is 16.0. The van der Waals surface area contributed by atoms with Crippen LogP contribution in [0.4, 0.5) is 0 Å². The number of hydrogen-bond donors (Lipinski definition) is 2. The second kappa shape index (κ2) is 7.59. The minimum atomic E-state index is 0.0584. The molecule has 21 heavy (non-hydrogen) atoms. The first-order valence-electron chi connectivity index (χ1n) is 7.97. The highest BCUT2D eigenvalue weighted by Gasteiger charge is 2.25. The highest BCUT2D eigenvalue weighted by Crippen LogP contribution is 2.20. The molecule has 2 N–H and O–H groups in total. The molecule has 0 aromatic carbocycles. The van der Waals surface area contributed by atoms with E-state index in [0.29, 0.717) is 18.4 Å². The zero-order valence-electron chi connectivity index (χ0n) is 13.1. The van der Waals surface area contributed by atoms with Gasteiger partial charge in [0.05, 0.1) is 6.33 Å². The first-order valence-corrected chi connectivity index (χ1v) is 7.97. The summed E-state index contributed by atoms with van der Waals surface area (Å²) in [4.78, 5) is 16.5. The quantitative estimate of drug-likeness (QED) is 0.802.